The number of nitrogens with zero attached hydrogens (tertiary/aromatic N) is 2. The highest BCUT2D eigenvalue weighted by Gasteiger charge is 2.11. The van der Waals surface area contributed by atoms with Crippen molar-refractivity contribution in [2.45, 2.75) is 20.4 Å². The van der Waals surface area contributed by atoms with Gasteiger partial charge in [-0.25, -0.2) is 4.68 Å². The molecule has 7 heteroatoms. The van der Waals surface area contributed by atoms with Crippen molar-refractivity contribution in [3.8, 4) is 0 Å². The van der Waals surface area contributed by atoms with Gasteiger partial charge in [-0.15, -0.1) is 0 Å². The van der Waals surface area contributed by atoms with Crippen LogP contribution in [0.1, 0.15) is 12.6 Å². The van der Waals surface area contributed by atoms with Crippen LogP contribution < -0.4 is 16.2 Å². The maximum absolute atomic E-state index is 12.5. The highest BCUT2D eigenvalue weighted by atomic mass is 16.2. The fourth-order valence-electron chi connectivity index (χ4n) is 2.69. The Kier molecular flexibility index (Phi) is 4.79. The third-order valence-corrected chi connectivity index (χ3v) is 3.83. The molecule has 7 nitrogen and oxygen atoms in total. The number of rotatable bonds is 4. The zero-order chi connectivity index (χ0) is 18.7. The number of carbonyl (C=O) groups is 2. The molecule has 0 saturated carbocycles. The molecule has 0 aliphatic heterocycles. The Bertz CT molecular complexity index is 1040. The molecule has 3 aromatic rings. The van der Waals surface area contributed by atoms with Crippen LogP contribution in [0.2, 0.25) is 0 Å². The molecule has 1 heterocycles. The van der Waals surface area contributed by atoms with Gasteiger partial charge in [0.05, 0.1) is 11.1 Å². The van der Waals surface area contributed by atoms with Crippen LogP contribution in [0.4, 0.5) is 11.4 Å². The fraction of sp³-hybridized carbons (Fsp3) is 0.158. The molecule has 3 rings (SSSR count). The minimum Gasteiger partial charge on any atom is -0.326 e. The van der Waals surface area contributed by atoms with Crippen LogP contribution in [0.15, 0.2) is 53.3 Å². The molecule has 0 aliphatic rings. The van der Waals surface area contributed by atoms with Gasteiger partial charge in [-0.05, 0) is 37.3 Å². The summed E-state index contributed by atoms with van der Waals surface area (Å²) in [6.07, 6.45) is 0. The van der Waals surface area contributed by atoms with E-state index in [9.17, 15) is 14.4 Å². The Hall–Kier alpha value is -3.48. The average Bonchev–Trinajstić information content (AvgIpc) is 2.61. The summed E-state index contributed by atoms with van der Waals surface area (Å²) < 4.78 is 1.17. The topological polar surface area (TPSA) is 93.1 Å². The highest BCUT2D eigenvalue weighted by Crippen LogP contribution is 2.14. The molecule has 0 fully saturated rings. The third-order valence-electron chi connectivity index (χ3n) is 3.83. The van der Waals surface area contributed by atoms with Gasteiger partial charge in [0.25, 0.3) is 5.56 Å². The Balaban J connectivity index is 1.76. The van der Waals surface area contributed by atoms with Gasteiger partial charge in [0.15, 0.2) is 0 Å². The standard InChI is InChI=1S/C19H18N4O3/c1-12-16-5-3-4-6-17(16)19(26)23(22-12)11-18(25)21-15-9-7-14(8-10-15)20-13(2)24/h3-10H,11H2,1-2H3,(H,20,24)(H,21,25). The third kappa shape index (κ3) is 3.77. The van der Waals surface area contributed by atoms with Crippen molar-refractivity contribution in [2.24, 2.45) is 0 Å². The van der Waals surface area contributed by atoms with Crippen molar-refractivity contribution in [2.75, 3.05) is 10.6 Å². The lowest BCUT2D eigenvalue weighted by atomic mass is 10.1. The molecule has 2 N–H and O–H groups in total. The van der Waals surface area contributed by atoms with E-state index in [4.69, 9.17) is 0 Å². The molecule has 1 aromatic heterocycles. The summed E-state index contributed by atoms with van der Waals surface area (Å²) in [6, 6.07) is 13.9. The summed E-state index contributed by atoms with van der Waals surface area (Å²) in [4.78, 5) is 35.8. The maximum Gasteiger partial charge on any atom is 0.275 e. The lowest BCUT2D eigenvalue weighted by molar-refractivity contribution is -0.117. The molecule has 132 valence electrons. The number of hydrogen-bond acceptors (Lipinski definition) is 4. The van der Waals surface area contributed by atoms with Gasteiger partial charge in [0, 0.05) is 23.7 Å². The summed E-state index contributed by atoms with van der Waals surface area (Å²) in [5, 5.41) is 10.9. The Labute approximate surface area is 149 Å². The predicted molar refractivity (Wildman–Crippen MR) is 100 cm³/mol. The van der Waals surface area contributed by atoms with E-state index in [0.29, 0.717) is 22.5 Å². The zero-order valence-corrected chi connectivity index (χ0v) is 14.4. The van der Waals surface area contributed by atoms with E-state index >= 15 is 0 Å². The van der Waals surface area contributed by atoms with Crippen molar-refractivity contribution in [3.63, 3.8) is 0 Å². The van der Waals surface area contributed by atoms with E-state index in [1.165, 1.54) is 11.6 Å². The van der Waals surface area contributed by atoms with Gasteiger partial charge >= 0.3 is 0 Å². The minimum atomic E-state index is -0.360. The van der Waals surface area contributed by atoms with E-state index in [-0.39, 0.29) is 23.9 Å². The molecular weight excluding hydrogens is 332 g/mol. The number of anilines is 2. The van der Waals surface area contributed by atoms with Crippen molar-refractivity contribution < 1.29 is 9.59 Å². The van der Waals surface area contributed by atoms with Crippen LogP contribution in [0.25, 0.3) is 10.8 Å². The minimum absolute atomic E-state index is 0.168. The monoisotopic (exact) mass is 350 g/mol. The summed E-state index contributed by atoms with van der Waals surface area (Å²) in [5.74, 6) is -0.527. The number of carbonyl (C=O) groups excluding carboxylic acids is 2. The molecule has 0 saturated heterocycles. The van der Waals surface area contributed by atoms with Gasteiger partial charge in [-0.1, -0.05) is 18.2 Å². The SMILES string of the molecule is CC(=O)Nc1ccc(NC(=O)Cn2nc(C)c3ccccc3c2=O)cc1. The van der Waals surface area contributed by atoms with E-state index < -0.39 is 0 Å². The van der Waals surface area contributed by atoms with Crippen LogP contribution in [0.5, 0.6) is 0 Å². The van der Waals surface area contributed by atoms with Crippen LogP contribution in [-0.2, 0) is 16.1 Å². The predicted octanol–water partition coefficient (Wildman–Crippen LogP) is 2.30. The summed E-state index contributed by atoms with van der Waals surface area (Å²) >= 11 is 0. The average molecular weight is 350 g/mol. The molecule has 0 radical (unpaired) electrons. The number of amides is 2. The van der Waals surface area contributed by atoms with Gasteiger partial charge in [0.2, 0.25) is 11.8 Å². The number of benzene rings is 2. The van der Waals surface area contributed by atoms with Gasteiger partial charge < -0.3 is 10.6 Å². The molecule has 0 bridgehead atoms. The van der Waals surface area contributed by atoms with Crippen molar-refractivity contribution in [3.05, 3.63) is 64.6 Å². The first-order chi connectivity index (χ1) is 12.4. The first-order valence-corrected chi connectivity index (χ1v) is 8.08. The van der Waals surface area contributed by atoms with Gasteiger partial charge in [-0.3, -0.25) is 14.4 Å². The second kappa shape index (κ2) is 7.18. The largest absolute Gasteiger partial charge is 0.326 e. The first kappa shape index (κ1) is 17.3. The second-order valence-corrected chi connectivity index (χ2v) is 5.90. The number of nitrogens with one attached hydrogen (secondary N) is 2. The Morgan fingerprint density at radius 2 is 1.54 bits per heavy atom. The first-order valence-electron chi connectivity index (χ1n) is 8.08. The van der Waals surface area contributed by atoms with E-state index in [0.717, 1.165) is 5.39 Å². The van der Waals surface area contributed by atoms with Crippen molar-refractivity contribution in [1.82, 2.24) is 9.78 Å². The molecule has 2 amide bonds. The lowest BCUT2D eigenvalue weighted by Crippen LogP contribution is -2.30. The van der Waals surface area contributed by atoms with E-state index in [1.54, 1.807) is 43.3 Å². The van der Waals surface area contributed by atoms with Crippen LogP contribution >= 0.6 is 0 Å². The number of hydrogen-bond donors (Lipinski definition) is 2. The number of fused-ring (bicyclic) bond motifs is 1. The quantitative estimate of drug-likeness (QED) is 0.755. The fourth-order valence-corrected chi connectivity index (χ4v) is 2.69. The van der Waals surface area contributed by atoms with Crippen molar-refractivity contribution in [1.29, 1.82) is 0 Å². The molecule has 0 aliphatic carbocycles. The van der Waals surface area contributed by atoms with E-state index in [1.807, 2.05) is 12.1 Å². The van der Waals surface area contributed by atoms with Gasteiger partial charge in [0.1, 0.15) is 6.54 Å². The second-order valence-electron chi connectivity index (χ2n) is 5.90. The number of aryl methyl sites for hydroxylation is 1. The molecule has 26 heavy (non-hydrogen) atoms. The molecule has 0 unspecified atom stereocenters. The lowest BCUT2D eigenvalue weighted by Gasteiger charge is -2.10. The molecular formula is C19H18N4O3. The van der Waals surface area contributed by atoms with Crippen LogP contribution in [0.3, 0.4) is 0 Å². The van der Waals surface area contributed by atoms with Crippen molar-refractivity contribution >= 4 is 34.0 Å². The van der Waals surface area contributed by atoms with E-state index in [2.05, 4.69) is 15.7 Å². The normalized spacial score (nSPS) is 10.5. The molecule has 0 atom stereocenters. The molecule has 0 spiro atoms. The molecule has 2 aromatic carbocycles. The summed E-state index contributed by atoms with van der Waals surface area (Å²) in [6.45, 7) is 3.04. The highest BCUT2D eigenvalue weighted by molar-refractivity contribution is 5.92. The Morgan fingerprint density at radius 1 is 0.962 bits per heavy atom. The smallest absolute Gasteiger partial charge is 0.275 e. The van der Waals surface area contributed by atoms with Gasteiger partial charge in [-0.2, -0.15) is 5.10 Å². The Morgan fingerprint density at radius 3 is 2.15 bits per heavy atom. The van der Waals surface area contributed by atoms with Crippen LogP contribution in [-0.4, -0.2) is 21.6 Å². The van der Waals surface area contributed by atoms with Crippen LogP contribution in [0, 0.1) is 6.92 Å². The maximum atomic E-state index is 12.5. The summed E-state index contributed by atoms with van der Waals surface area (Å²) in [5.41, 5.74) is 1.59. The zero-order valence-electron chi connectivity index (χ0n) is 14.4. The summed E-state index contributed by atoms with van der Waals surface area (Å²) in [7, 11) is 0. The number of aromatic nitrogens is 2.